The molecule has 1 atom stereocenters. The average Bonchev–Trinajstić information content (AvgIpc) is 3.39. The molecule has 27 heavy (non-hydrogen) atoms. The zero-order valence-corrected chi connectivity index (χ0v) is 16.3. The number of anilines is 1. The molecule has 1 fully saturated rings. The minimum absolute atomic E-state index is 0.0419. The summed E-state index contributed by atoms with van der Waals surface area (Å²) in [6.45, 7) is 4.19. The van der Waals surface area contributed by atoms with Crippen molar-refractivity contribution in [3.63, 3.8) is 0 Å². The maximum absolute atomic E-state index is 13.1. The van der Waals surface area contributed by atoms with Crippen LogP contribution in [0.1, 0.15) is 28.7 Å². The SMILES string of the molecule is Cc1cccc(C2(c3cccc(C)c3)CC2C(=O)Nc2cccc(Cl)c2)c1. The van der Waals surface area contributed by atoms with Crippen LogP contribution in [0.4, 0.5) is 5.69 Å². The van der Waals surface area contributed by atoms with Gasteiger partial charge in [-0.15, -0.1) is 0 Å². The Balaban J connectivity index is 1.70. The standard InChI is InChI=1S/C24H22ClNO/c1-16-6-3-8-18(12-16)24(19-9-4-7-17(2)13-19)15-22(24)23(27)26-21-11-5-10-20(25)14-21/h3-14,22H,15H2,1-2H3,(H,26,27). The van der Waals surface area contributed by atoms with E-state index in [1.807, 2.05) is 12.1 Å². The van der Waals surface area contributed by atoms with Crippen LogP contribution < -0.4 is 5.32 Å². The number of aryl methyl sites for hydroxylation is 2. The molecule has 1 aliphatic rings. The van der Waals surface area contributed by atoms with Crippen molar-refractivity contribution in [2.75, 3.05) is 5.32 Å². The van der Waals surface area contributed by atoms with Crippen LogP contribution in [0.5, 0.6) is 0 Å². The Bertz CT molecular complexity index is 965. The van der Waals surface area contributed by atoms with Crippen LogP contribution in [0.25, 0.3) is 0 Å². The molecule has 0 aliphatic heterocycles. The Labute approximate surface area is 165 Å². The van der Waals surface area contributed by atoms with Crippen LogP contribution in [0.15, 0.2) is 72.8 Å². The Morgan fingerprint density at radius 3 is 2.07 bits per heavy atom. The predicted octanol–water partition coefficient (Wildman–Crippen LogP) is 5.90. The van der Waals surface area contributed by atoms with Crippen LogP contribution in [0.2, 0.25) is 5.02 Å². The van der Waals surface area contributed by atoms with Gasteiger partial charge in [-0.1, -0.05) is 77.3 Å². The van der Waals surface area contributed by atoms with E-state index in [9.17, 15) is 4.79 Å². The summed E-state index contributed by atoms with van der Waals surface area (Å²) in [7, 11) is 0. The molecule has 2 nitrogen and oxygen atoms in total. The highest BCUT2D eigenvalue weighted by Crippen LogP contribution is 2.59. The minimum Gasteiger partial charge on any atom is -0.326 e. The van der Waals surface area contributed by atoms with Crippen molar-refractivity contribution in [1.82, 2.24) is 0 Å². The highest BCUT2D eigenvalue weighted by atomic mass is 35.5. The topological polar surface area (TPSA) is 29.1 Å². The lowest BCUT2D eigenvalue weighted by Crippen LogP contribution is -2.22. The van der Waals surface area contributed by atoms with E-state index < -0.39 is 0 Å². The summed E-state index contributed by atoms with van der Waals surface area (Å²) in [6, 6.07) is 24.3. The molecule has 0 bridgehead atoms. The maximum Gasteiger partial charge on any atom is 0.228 e. The van der Waals surface area contributed by atoms with Gasteiger partial charge in [0.1, 0.15) is 0 Å². The smallest absolute Gasteiger partial charge is 0.228 e. The predicted molar refractivity (Wildman–Crippen MR) is 111 cm³/mol. The molecule has 0 aromatic heterocycles. The average molecular weight is 376 g/mol. The molecule has 1 unspecified atom stereocenters. The van der Waals surface area contributed by atoms with E-state index in [1.54, 1.807) is 12.1 Å². The van der Waals surface area contributed by atoms with Crippen molar-refractivity contribution >= 4 is 23.2 Å². The third-order valence-corrected chi connectivity index (χ3v) is 5.67. The first kappa shape index (κ1) is 17.8. The monoisotopic (exact) mass is 375 g/mol. The molecule has 0 saturated heterocycles. The van der Waals surface area contributed by atoms with Crippen molar-refractivity contribution in [3.8, 4) is 0 Å². The molecule has 1 N–H and O–H groups in total. The van der Waals surface area contributed by atoms with Gasteiger partial charge in [0, 0.05) is 16.1 Å². The number of rotatable bonds is 4. The summed E-state index contributed by atoms with van der Waals surface area (Å²) in [5.41, 5.74) is 5.31. The normalized spacial score (nSPS) is 17.4. The van der Waals surface area contributed by atoms with E-state index in [-0.39, 0.29) is 17.2 Å². The second-order valence-corrected chi connectivity index (χ2v) is 7.90. The Hall–Kier alpha value is -2.58. The molecule has 0 spiro atoms. The molecule has 1 aliphatic carbocycles. The van der Waals surface area contributed by atoms with Crippen molar-refractivity contribution in [3.05, 3.63) is 100 Å². The van der Waals surface area contributed by atoms with Crippen LogP contribution in [0.3, 0.4) is 0 Å². The lowest BCUT2D eigenvalue weighted by atomic mass is 9.84. The highest BCUT2D eigenvalue weighted by Gasteiger charge is 2.60. The molecular weight excluding hydrogens is 354 g/mol. The van der Waals surface area contributed by atoms with E-state index >= 15 is 0 Å². The summed E-state index contributed by atoms with van der Waals surface area (Å²) in [6.07, 6.45) is 0.812. The van der Waals surface area contributed by atoms with E-state index in [2.05, 4.69) is 67.7 Å². The molecule has 136 valence electrons. The van der Waals surface area contributed by atoms with Crippen molar-refractivity contribution in [2.24, 2.45) is 5.92 Å². The maximum atomic E-state index is 13.1. The third-order valence-electron chi connectivity index (χ3n) is 5.44. The number of carbonyl (C=O) groups is 1. The van der Waals surface area contributed by atoms with Gasteiger partial charge in [-0.05, 0) is 49.6 Å². The quantitative estimate of drug-likeness (QED) is 0.604. The van der Waals surface area contributed by atoms with Gasteiger partial charge in [-0.3, -0.25) is 4.79 Å². The Morgan fingerprint density at radius 2 is 1.52 bits per heavy atom. The number of nitrogens with one attached hydrogen (secondary N) is 1. The van der Waals surface area contributed by atoms with Crippen LogP contribution in [0, 0.1) is 19.8 Å². The molecule has 1 amide bonds. The van der Waals surface area contributed by atoms with Gasteiger partial charge in [-0.2, -0.15) is 0 Å². The number of hydrogen-bond donors (Lipinski definition) is 1. The molecule has 0 radical (unpaired) electrons. The summed E-state index contributed by atoms with van der Waals surface area (Å²) < 4.78 is 0. The van der Waals surface area contributed by atoms with E-state index in [4.69, 9.17) is 11.6 Å². The second-order valence-electron chi connectivity index (χ2n) is 7.47. The lowest BCUT2D eigenvalue weighted by molar-refractivity contribution is -0.117. The molecular formula is C24H22ClNO. The Morgan fingerprint density at radius 1 is 0.926 bits per heavy atom. The van der Waals surface area contributed by atoms with Gasteiger partial charge in [0.25, 0.3) is 0 Å². The fourth-order valence-corrected chi connectivity index (χ4v) is 4.22. The molecule has 3 aromatic carbocycles. The summed E-state index contributed by atoms with van der Waals surface area (Å²) in [5, 5.41) is 3.66. The van der Waals surface area contributed by atoms with Gasteiger partial charge in [0.15, 0.2) is 0 Å². The number of hydrogen-bond acceptors (Lipinski definition) is 1. The van der Waals surface area contributed by atoms with Crippen molar-refractivity contribution in [1.29, 1.82) is 0 Å². The first-order chi connectivity index (χ1) is 13.0. The van der Waals surface area contributed by atoms with Gasteiger partial charge in [0.2, 0.25) is 5.91 Å². The second kappa shape index (κ2) is 6.86. The fraction of sp³-hybridized carbons (Fsp3) is 0.208. The Kier molecular flexibility index (Phi) is 4.53. The number of amides is 1. The molecule has 4 rings (SSSR count). The molecule has 3 heteroatoms. The summed E-state index contributed by atoms with van der Waals surface area (Å²) >= 11 is 6.05. The summed E-state index contributed by atoms with van der Waals surface area (Å²) in [4.78, 5) is 13.1. The van der Waals surface area contributed by atoms with Gasteiger partial charge >= 0.3 is 0 Å². The zero-order valence-electron chi connectivity index (χ0n) is 15.5. The summed E-state index contributed by atoms with van der Waals surface area (Å²) in [5.74, 6) is -0.0552. The number of benzene rings is 3. The van der Waals surface area contributed by atoms with E-state index in [0.29, 0.717) is 5.02 Å². The first-order valence-electron chi connectivity index (χ1n) is 9.20. The van der Waals surface area contributed by atoms with Crippen LogP contribution >= 0.6 is 11.6 Å². The van der Waals surface area contributed by atoms with Crippen molar-refractivity contribution in [2.45, 2.75) is 25.7 Å². The number of halogens is 1. The molecule has 1 saturated carbocycles. The van der Waals surface area contributed by atoms with Gasteiger partial charge in [-0.25, -0.2) is 0 Å². The largest absolute Gasteiger partial charge is 0.326 e. The van der Waals surface area contributed by atoms with Crippen LogP contribution in [-0.4, -0.2) is 5.91 Å². The van der Waals surface area contributed by atoms with E-state index in [0.717, 1.165) is 12.1 Å². The lowest BCUT2D eigenvalue weighted by Gasteiger charge is -2.20. The van der Waals surface area contributed by atoms with Crippen LogP contribution in [-0.2, 0) is 10.2 Å². The molecule has 0 heterocycles. The van der Waals surface area contributed by atoms with Crippen molar-refractivity contribution < 1.29 is 4.79 Å². The highest BCUT2D eigenvalue weighted by molar-refractivity contribution is 6.30. The van der Waals surface area contributed by atoms with E-state index in [1.165, 1.54) is 22.3 Å². The third kappa shape index (κ3) is 3.38. The minimum atomic E-state index is -0.263. The van der Waals surface area contributed by atoms with Gasteiger partial charge < -0.3 is 5.32 Å². The zero-order chi connectivity index (χ0) is 19.0. The fourth-order valence-electron chi connectivity index (χ4n) is 4.02. The number of carbonyl (C=O) groups excluding carboxylic acids is 1. The first-order valence-corrected chi connectivity index (χ1v) is 9.57. The molecule has 3 aromatic rings. The van der Waals surface area contributed by atoms with Gasteiger partial charge in [0.05, 0.1) is 5.92 Å².